The Hall–Kier alpha value is -3.01. The van der Waals surface area contributed by atoms with Gasteiger partial charge in [0.1, 0.15) is 5.92 Å². The first kappa shape index (κ1) is 17.3. The molecule has 1 aliphatic rings. The number of carbonyl (C=O) groups excluding carboxylic acids is 3. The molecule has 1 aromatic rings. The van der Waals surface area contributed by atoms with E-state index in [1.807, 2.05) is 0 Å². The molecule has 1 aliphatic carbocycles. The minimum atomic E-state index is -1.33. The summed E-state index contributed by atoms with van der Waals surface area (Å²) >= 11 is 0. The highest BCUT2D eigenvalue weighted by Gasteiger charge is 2.44. The fraction of sp³-hybridized carbons (Fsp3) is 0.150. The lowest BCUT2D eigenvalue weighted by atomic mass is 9.92. The lowest BCUT2D eigenvalue weighted by Crippen LogP contribution is -2.26. The maximum absolute atomic E-state index is 12.8. The van der Waals surface area contributed by atoms with Crippen LogP contribution in [-0.2, 0) is 4.79 Å². The van der Waals surface area contributed by atoms with Crippen molar-refractivity contribution in [2.24, 2.45) is 5.92 Å². The molecule has 0 amide bonds. The molecular weight excluding hydrogens is 302 g/mol. The summed E-state index contributed by atoms with van der Waals surface area (Å²) in [6.45, 7) is 10.7. The largest absolute Gasteiger partial charge is 0.359 e. The predicted molar refractivity (Wildman–Crippen MR) is 95.1 cm³/mol. The van der Waals surface area contributed by atoms with Gasteiger partial charge in [-0.2, -0.15) is 0 Å². The second-order valence-corrected chi connectivity index (χ2v) is 5.50. The molecule has 0 saturated heterocycles. The summed E-state index contributed by atoms with van der Waals surface area (Å²) in [6.07, 6.45) is 6.25. The standard InChI is InChI=1S/C20H19NO3/c1-5-7-9-13(6-2)18(22)17-19(23)14-10-8-11-15(21-12(3)4)16(14)20(17)24/h5-11,17,21H,1,3H2,2,4H3/b9-7-,13-6+. The van der Waals surface area contributed by atoms with E-state index in [9.17, 15) is 14.4 Å². The smallest absolute Gasteiger partial charge is 0.184 e. The fourth-order valence-electron chi connectivity index (χ4n) is 2.67. The molecule has 24 heavy (non-hydrogen) atoms. The van der Waals surface area contributed by atoms with Crippen LogP contribution in [0.5, 0.6) is 0 Å². The van der Waals surface area contributed by atoms with Crippen molar-refractivity contribution in [3.8, 4) is 0 Å². The highest BCUT2D eigenvalue weighted by molar-refractivity contribution is 6.39. The summed E-state index contributed by atoms with van der Waals surface area (Å²) in [6, 6.07) is 4.94. The maximum Gasteiger partial charge on any atom is 0.184 e. The van der Waals surface area contributed by atoms with Gasteiger partial charge in [-0.05, 0) is 19.9 Å². The number of benzene rings is 1. The number of fused-ring (bicyclic) bond motifs is 1. The number of nitrogens with one attached hydrogen (secondary N) is 1. The van der Waals surface area contributed by atoms with Crippen LogP contribution < -0.4 is 5.32 Å². The van der Waals surface area contributed by atoms with Gasteiger partial charge in [0.25, 0.3) is 0 Å². The highest BCUT2D eigenvalue weighted by Crippen LogP contribution is 2.34. The molecular formula is C20H19NO3. The molecule has 1 N–H and O–H groups in total. The van der Waals surface area contributed by atoms with Gasteiger partial charge < -0.3 is 5.32 Å². The number of allylic oxidation sites excluding steroid dienone is 6. The summed E-state index contributed by atoms with van der Waals surface area (Å²) in [5.41, 5.74) is 1.97. The van der Waals surface area contributed by atoms with Crippen molar-refractivity contribution in [2.75, 3.05) is 5.32 Å². The normalized spacial score (nSPS) is 17.1. The molecule has 0 fully saturated rings. The Labute approximate surface area is 141 Å². The lowest BCUT2D eigenvalue weighted by Gasteiger charge is -2.09. The third-order valence-corrected chi connectivity index (χ3v) is 3.72. The van der Waals surface area contributed by atoms with Crippen molar-refractivity contribution >= 4 is 23.0 Å². The Bertz CT molecular complexity index is 812. The maximum atomic E-state index is 12.8. The number of ketones is 3. The van der Waals surface area contributed by atoms with Crippen molar-refractivity contribution in [3.63, 3.8) is 0 Å². The SMILES string of the molecule is C=C/C=C\C(=C/C)C(=O)C1C(=O)c2cccc(NC(=C)C)c2C1=O. The number of rotatable bonds is 6. The molecule has 4 heteroatoms. The van der Waals surface area contributed by atoms with E-state index in [1.54, 1.807) is 50.3 Å². The van der Waals surface area contributed by atoms with Gasteiger partial charge in [-0.3, -0.25) is 14.4 Å². The van der Waals surface area contributed by atoms with E-state index in [0.717, 1.165) is 0 Å². The molecule has 0 aliphatic heterocycles. The summed E-state index contributed by atoms with van der Waals surface area (Å²) in [5, 5.41) is 2.97. The fourth-order valence-corrected chi connectivity index (χ4v) is 2.67. The van der Waals surface area contributed by atoms with Crippen molar-refractivity contribution < 1.29 is 14.4 Å². The van der Waals surface area contributed by atoms with Gasteiger partial charge in [-0.15, -0.1) is 0 Å². The van der Waals surface area contributed by atoms with Crippen LogP contribution in [-0.4, -0.2) is 17.3 Å². The van der Waals surface area contributed by atoms with Crippen LogP contribution in [0.2, 0.25) is 0 Å². The van der Waals surface area contributed by atoms with Crippen molar-refractivity contribution in [1.82, 2.24) is 0 Å². The van der Waals surface area contributed by atoms with Crippen molar-refractivity contribution in [2.45, 2.75) is 13.8 Å². The Morgan fingerprint density at radius 1 is 1.25 bits per heavy atom. The average molecular weight is 321 g/mol. The average Bonchev–Trinajstić information content (AvgIpc) is 2.79. The first-order valence-electron chi connectivity index (χ1n) is 7.56. The van der Waals surface area contributed by atoms with E-state index < -0.39 is 23.3 Å². The molecule has 0 radical (unpaired) electrons. The zero-order chi connectivity index (χ0) is 17.9. The first-order valence-corrected chi connectivity index (χ1v) is 7.56. The quantitative estimate of drug-likeness (QED) is 0.490. The van der Waals surface area contributed by atoms with Gasteiger partial charge >= 0.3 is 0 Å². The monoisotopic (exact) mass is 321 g/mol. The topological polar surface area (TPSA) is 63.2 Å². The highest BCUT2D eigenvalue weighted by atomic mass is 16.2. The summed E-state index contributed by atoms with van der Waals surface area (Å²) in [4.78, 5) is 38.1. The Morgan fingerprint density at radius 3 is 2.54 bits per heavy atom. The number of hydrogen-bond donors (Lipinski definition) is 1. The molecule has 0 saturated carbocycles. The number of carbonyl (C=O) groups is 3. The van der Waals surface area contributed by atoms with E-state index in [-0.39, 0.29) is 11.1 Å². The zero-order valence-corrected chi connectivity index (χ0v) is 13.8. The summed E-state index contributed by atoms with van der Waals surface area (Å²) in [7, 11) is 0. The van der Waals surface area contributed by atoms with Crippen LogP contribution in [0, 0.1) is 5.92 Å². The lowest BCUT2D eigenvalue weighted by molar-refractivity contribution is -0.116. The van der Waals surface area contributed by atoms with Gasteiger partial charge in [0, 0.05) is 22.5 Å². The van der Waals surface area contributed by atoms with E-state index in [1.165, 1.54) is 6.08 Å². The van der Waals surface area contributed by atoms with Gasteiger partial charge in [-0.25, -0.2) is 0 Å². The second kappa shape index (κ2) is 7.04. The zero-order valence-electron chi connectivity index (χ0n) is 13.8. The third-order valence-electron chi connectivity index (χ3n) is 3.72. The van der Waals surface area contributed by atoms with E-state index in [2.05, 4.69) is 18.5 Å². The molecule has 2 rings (SSSR count). The van der Waals surface area contributed by atoms with Crippen molar-refractivity contribution in [3.05, 3.63) is 78.1 Å². The van der Waals surface area contributed by atoms with Crippen LogP contribution in [0.15, 0.2) is 66.9 Å². The Morgan fingerprint density at radius 2 is 1.96 bits per heavy atom. The minimum absolute atomic E-state index is 0.256. The van der Waals surface area contributed by atoms with Crippen LogP contribution in [0.1, 0.15) is 34.6 Å². The van der Waals surface area contributed by atoms with Crippen molar-refractivity contribution in [1.29, 1.82) is 0 Å². The van der Waals surface area contributed by atoms with Crippen LogP contribution in [0.4, 0.5) is 5.69 Å². The Kier molecular flexibility index (Phi) is 5.09. The van der Waals surface area contributed by atoms with Crippen LogP contribution in [0.3, 0.4) is 0 Å². The van der Waals surface area contributed by atoms with Gasteiger partial charge in [0.15, 0.2) is 17.3 Å². The molecule has 0 bridgehead atoms. The molecule has 0 spiro atoms. The molecule has 0 aromatic heterocycles. The van der Waals surface area contributed by atoms with Crippen LogP contribution >= 0.6 is 0 Å². The van der Waals surface area contributed by atoms with Gasteiger partial charge in [0.2, 0.25) is 0 Å². The summed E-state index contributed by atoms with van der Waals surface area (Å²) in [5.74, 6) is -2.76. The third kappa shape index (κ3) is 3.04. The minimum Gasteiger partial charge on any atom is -0.359 e. The Balaban J connectivity index is 2.47. The van der Waals surface area contributed by atoms with Gasteiger partial charge in [0.05, 0.1) is 5.56 Å². The van der Waals surface area contributed by atoms with E-state index >= 15 is 0 Å². The molecule has 1 atom stereocenters. The first-order chi connectivity index (χ1) is 11.4. The van der Waals surface area contributed by atoms with E-state index in [4.69, 9.17) is 0 Å². The molecule has 0 heterocycles. The van der Waals surface area contributed by atoms with Gasteiger partial charge in [-0.1, -0.05) is 49.6 Å². The second-order valence-electron chi connectivity index (χ2n) is 5.50. The van der Waals surface area contributed by atoms with Crippen LogP contribution in [0.25, 0.3) is 0 Å². The number of hydrogen-bond acceptors (Lipinski definition) is 4. The molecule has 1 aromatic carbocycles. The molecule has 122 valence electrons. The van der Waals surface area contributed by atoms with E-state index in [0.29, 0.717) is 17.0 Å². The molecule has 1 unspecified atom stereocenters. The number of anilines is 1. The predicted octanol–water partition coefficient (Wildman–Crippen LogP) is 3.88. The summed E-state index contributed by atoms with van der Waals surface area (Å²) < 4.78 is 0. The molecule has 4 nitrogen and oxygen atoms in total. The number of Topliss-reactive ketones (excluding diaryl/α,β-unsaturated/α-hetero) is 3.